The van der Waals surface area contributed by atoms with Gasteiger partial charge in [-0.15, -0.1) is 0 Å². The van der Waals surface area contributed by atoms with Crippen molar-refractivity contribution in [1.82, 2.24) is 4.90 Å². The van der Waals surface area contributed by atoms with E-state index in [2.05, 4.69) is 0 Å². The molecule has 1 aliphatic rings. The van der Waals surface area contributed by atoms with E-state index in [1.807, 2.05) is 30.0 Å². The van der Waals surface area contributed by atoms with E-state index in [0.717, 1.165) is 30.0 Å². The summed E-state index contributed by atoms with van der Waals surface area (Å²) in [7, 11) is 3.25. The lowest BCUT2D eigenvalue weighted by Crippen LogP contribution is -2.51. The number of methoxy groups -OCH3 is 2. The zero-order valence-electron chi connectivity index (χ0n) is 11.1. The lowest BCUT2D eigenvalue weighted by molar-refractivity contribution is -0.148. The number of carbonyl (C=O) groups excluding carboxylic acids is 1. The van der Waals surface area contributed by atoms with Crippen LogP contribution in [-0.2, 0) is 11.3 Å². The van der Waals surface area contributed by atoms with Crippen LogP contribution in [0.1, 0.15) is 18.9 Å². The van der Waals surface area contributed by atoms with Gasteiger partial charge in [-0.05, 0) is 18.6 Å². The van der Waals surface area contributed by atoms with E-state index in [9.17, 15) is 4.79 Å². The number of likely N-dealkylation sites (tertiary alicyclic amines) is 1. The van der Waals surface area contributed by atoms with E-state index in [-0.39, 0.29) is 11.8 Å². The van der Waals surface area contributed by atoms with Crippen molar-refractivity contribution in [2.45, 2.75) is 19.9 Å². The molecule has 1 aromatic rings. The number of ether oxygens (including phenoxy) is 2. The topological polar surface area (TPSA) is 38.8 Å². The Balaban J connectivity index is 2.08. The van der Waals surface area contributed by atoms with Crippen LogP contribution in [0, 0.1) is 5.92 Å². The standard InChI is InChI=1S/C14H19NO3/c1-4-10-8-15(14(10)16)9-11-5-6-12(17-2)7-13(11)18-3/h5-7,10H,4,8-9H2,1-3H3. The van der Waals surface area contributed by atoms with Crippen LogP contribution in [0.15, 0.2) is 18.2 Å². The smallest absolute Gasteiger partial charge is 0.227 e. The Kier molecular flexibility index (Phi) is 3.75. The minimum Gasteiger partial charge on any atom is -0.497 e. The lowest BCUT2D eigenvalue weighted by atomic mass is 9.95. The van der Waals surface area contributed by atoms with Crippen LogP contribution in [0.3, 0.4) is 0 Å². The maximum Gasteiger partial charge on any atom is 0.227 e. The first kappa shape index (κ1) is 12.7. The summed E-state index contributed by atoms with van der Waals surface area (Å²) in [5.41, 5.74) is 1.02. The molecule has 98 valence electrons. The van der Waals surface area contributed by atoms with Crippen molar-refractivity contribution < 1.29 is 14.3 Å². The molecule has 1 amide bonds. The average Bonchev–Trinajstić information content (AvgIpc) is 2.42. The number of carbonyl (C=O) groups is 1. The first-order valence-corrected chi connectivity index (χ1v) is 6.19. The van der Waals surface area contributed by atoms with Gasteiger partial charge in [0.2, 0.25) is 5.91 Å². The molecule has 0 bridgehead atoms. The largest absolute Gasteiger partial charge is 0.497 e. The molecule has 4 nitrogen and oxygen atoms in total. The van der Waals surface area contributed by atoms with Crippen molar-refractivity contribution in [3.63, 3.8) is 0 Å². The van der Waals surface area contributed by atoms with Gasteiger partial charge in [0.05, 0.1) is 20.1 Å². The molecule has 0 N–H and O–H groups in total. The lowest BCUT2D eigenvalue weighted by Gasteiger charge is -2.38. The van der Waals surface area contributed by atoms with Gasteiger partial charge >= 0.3 is 0 Å². The second kappa shape index (κ2) is 5.29. The van der Waals surface area contributed by atoms with E-state index < -0.39 is 0 Å². The first-order chi connectivity index (χ1) is 8.69. The molecule has 0 spiro atoms. The van der Waals surface area contributed by atoms with E-state index >= 15 is 0 Å². The first-order valence-electron chi connectivity index (χ1n) is 6.19. The summed E-state index contributed by atoms with van der Waals surface area (Å²) in [6.45, 7) is 3.51. The molecule has 1 aliphatic heterocycles. The Hall–Kier alpha value is -1.71. The van der Waals surface area contributed by atoms with E-state index in [1.54, 1.807) is 14.2 Å². The Morgan fingerprint density at radius 3 is 2.67 bits per heavy atom. The summed E-state index contributed by atoms with van der Waals surface area (Å²) in [6, 6.07) is 5.68. The Morgan fingerprint density at radius 2 is 2.11 bits per heavy atom. The van der Waals surface area contributed by atoms with Crippen LogP contribution in [0.25, 0.3) is 0 Å². The summed E-state index contributed by atoms with van der Waals surface area (Å²) in [5, 5.41) is 0. The Labute approximate surface area is 107 Å². The summed E-state index contributed by atoms with van der Waals surface area (Å²) < 4.78 is 10.5. The average molecular weight is 249 g/mol. The maximum absolute atomic E-state index is 11.8. The fourth-order valence-electron chi connectivity index (χ4n) is 2.21. The molecular formula is C14H19NO3. The maximum atomic E-state index is 11.8. The molecule has 0 aromatic heterocycles. The van der Waals surface area contributed by atoms with Gasteiger partial charge in [0.1, 0.15) is 11.5 Å². The van der Waals surface area contributed by atoms with E-state index in [4.69, 9.17) is 9.47 Å². The van der Waals surface area contributed by atoms with Crippen molar-refractivity contribution in [3.05, 3.63) is 23.8 Å². The minimum atomic E-state index is 0.217. The third-order valence-electron chi connectivity index (χ3n) is 3.45. The highest BCUT2D eigenvalue weighted by molar-refractivity contribution is 5.84. The predicted octanol–water partition coefficient (Wildman–Crippen LogP) is 2.07. The van der Waals surface area contributed by atoms with Gasteiger partial charge in [0.25, 0.3) is 0 Å². The molecular weight excluding hydrogens is 230 g/mol. The molecule has 18 heavy (non-hydrogen) atoms. The quantitative estimate of drug-likeness (QED) is 0.750. The van der Waals surface area contributed by atoms with Gasteiger partial charge < -0.3 is 14.4 Å². The highest BCUT2D eigenvalue weighted by atomic mass is 16.5. The van der Waals surface area contributed by atoms with Crippen molar-refractivity contribution >= 4 is 5.91 Å². The third kappa shape index (κ3) is 2.28. The third-order valence-corrected chi connectivity index (χ3v) is 3.45. The Morgan fingerprint density at radius 1 is 1.33 bits per heavy atom. The molecule has 1 unspecified atom stereocenters. The fourth-order valence-corrected chi connectivity index (χ4v) is 2.21. The van der Waals surface area contributed by atoms with Crippen LogP contribution in [0.4, 0.5) is 0 Å². The fraction of sp³-hybridized carbons (Fsp3) is 0.500. The summed E-state index contributed by atoms with van der Waals surface area (Å²) in [4.78, 5) is 13.6. The van der Waals surface area contributed by atoms with Gasteiger partial charge in [-0.1, -0.05) is 6.92 Å². The number of hydrogen-bond donors (Lipinski definition) is 0. The SMILES string of the molecule is CCC1CN(Cc2ccc(OC)cc2OC)C1=O. The molecule has 4 heteroatoms. The Bertz CT molecular complexity index is 445. The molecule has 1 fully saturated rings. The second-order valence-corrected chi connectivity index (χ2v) is 4.50. The molecule has 1 aromatic carbocycles. The number of β-lactam (4-membered cyclic amide) rings is 1. The molecule has 2 rings (SSSR count). The van der Waals surface area contributed by atoms with Crippen molar-refractivity contribution in [2.24, 2.45) is 5.92 Å². The van der Waals surface area contributed by atoms with Crippen molar-refractivity contribution in [2.75, 3.05) is 20.8 Å². The van der Waals surface area contributed by atoms with Gasteiger partial charge in [-0.2, -0.15) is 0 Å². The van der Waals surface area contributed by atoms with Crippen LogP contribution >= 0.6 is 0 Å². The van der Waals surface area contributed by atoms with Gasteiger partial charge in [-0.3, -0.25) is 4.79 Å². The van der Waals surface area contributed by atoms with Crippen LogP contribution in [-0.4, -0.2) is 31.6 Å². The van der Waals surface area contributed by atoms with Crippen LogP contribution < -0.4 is 9.47 Å². The highest BCUT2D eigenvalue weighted by Gasteiger charge is 2.35. The number of nitrogens with zero attached hydrogens (tertiary/aromatic N) is 1. The predicted molar refractivity (Wildman–Crippen MR) is 68.7 cm³/mol. The molecule has 1 heterocycles. The normalized spacial score (nSPS) is 18.5. The second-order valence-electron chi connectivity index (χ2n) is 4.50. The summed E-state index contributed by atoms with van der Waals surface area (Å²) >= 11 is 0. The molecule has 1 saturated heterocycles. The number of benzene rings is 1. The number of amides is 1. The van der Waals surface area contributed by atoms with Crippen molar-refractivity contribution in [1.29, 1.82) is 0 Å². The molecule has 1 atom stereocenters. The highest BCUT2D eigenvalue weighted by Crippen LogP contribution is 2.29. The van der Waals surface area contributed by atoms with Gasteiger partial charge in [-0.25, -0.2) is 0 Å². The number of rotatable bonds is 5. The number of hydrogen-bond acceptors (Lipinski definition) is 3. The molecule has 0 saturated carbocycles. The molecule has 0 aliphatic carbocycles. The van der Waals surface area contributed by atoms with Crippen LogP contribution in [0.5, 0.6) is 11.5 Å². The van der Waals surface area contributed by atoms with Crippen LogP contribution in [0.2, 0.25) is 0 Å². The van der Waals surface area contributed by atoms with Gasteiger partial charge in [0, 0.05) is 24.7 Å². The van der Waals surface area contributed by atoms with Crippen molar-refractivity contribution in [3.8, 4) is 11.5 Å². The van der Waals surface area contributed by atoms with Gasteiger partial charge in [0.15, 0.2) is 0 Å². The monoisotopic (exact) mass is 249 g/mol. The van der Waals surface area contributed by atoms with E-state index in [1.165, 1.54) is 0 Å². The molecule has 0 radical (unpaired) electrons. The van der Waals surface area contributed by atoms with E-state index in [0.29, 0.717) is 6.54 Å². The zero-order valence-corrected chi connectivity index (χ0v) is 11.1. The summed E-state index contributed by atoms with van der Waals surface area (Å²) in [6.07, 6.45) is 0.926. The minimum absolute atomic E-state index is 0.217. The zero-order chi connectivity index (χ0) is 13.1. The summed E-state index contributed by atoms with van der Waals surface area (Å²) in [5.74, 6) is 1.99.